The Labute approximate surface area is 162 Å². The van der Waals surface area contributed by atoms with E-state index in [1.54, 1.807) is 10.8 Å². The van der Waals surface area contributed by atoms with Gasteiger partial charge in [-0.15, -0.1) is 0 Å². The van der Waals surface area contributed by atoms with Crippen molar-refractivity contribution in [2.75, 3.05) is 11.9 Å². The van der Waals surface area contributed by atoms with E-state index in [0.29, 0.717) is 24.2 Å². The summed E-state index contributed by atoms with van der Waals surface area (Å²) in [4.78, 5) is 30.8. The molecule has 2 aliphatic heterocycles. The third kappa shape index (κ3) is 2.35. The van der Waals surface area contributed by atoms with Crippen molar-refractivity contribution < 1.29 is 9.90 Å². The minimum absolute atomic E-state index is 0.0357. The normalized spacial score (nSPS) is 18.9. The molecule has 1 fully saturated rings. The lowest BCUT2D eigenvalue weighted by molar-refractivity contribution is 0.0876. The fraction of sp³-hybridized carbons (Fsp3) is 0.476. The Kier molecular flexibility index (Phi) is 3.84. The highest BCUT2D eigenvalue weighted by molar-refractivity contribution is 5.98. The maximum atomic E-state index is 13.5. The van der Waals surface area contributed by atoms with Crippen molar-refractivity contribution in [1.29, 1.82) is 0 Å². The molecule has 1 saturated carbocycles. The summed E-state index contributed by atoms with van der Waals surface area (Å²) in [6.45, 7) is 1.97. The van der Waals surface area contributed by atoms with Crippen molar-refractivity contribution in [3.63, 3.8) is 0 Å². The monoisotopic (exact) mass is 380 g/mol. The number of aliphatic hydroxyl groups excluding tert-OH is 1. The summed E-state index contributed by atoms with van der Waals surface area (Å²) in [5.41, 5.74) is 4.76. The van der Waals surface area contributed by atoms with Crippen molar-refractivity contribution >= 4 is 17.3 Å². The molecule has 3 aliphatic rings. The minimum Gasteiger partial charge on any atom is -0.396 e. The molecule has 0 saturated heterocycles. The molecule has 1 amide bonds. The van der Waals surface area contributed by atoms with Crippen LogP contribution < -0.4 is 16.2 Å². The highest BCUT2D eigenvalue weighted by Crippen LogP contribution is 2.40. The van der Waals surface area contributed by atoms with Crippen LogP contribution in [0.1, 0.15) is 65.0 Å². The summed E-state index contributed by atoms with van der Waals surface area (Å²) < 4.78 is 1.73. The lowest BCUT2D eigenvalue weighted by atomic mass is 9.88. The molecule has 7 nitrogen and oxygen atoms in total. The molecule has 3 N–H and O–H groups in total. The van der Waals surface area contributed by atoms with Gasteiger partial charge in [0.25, 0.3) is 11.5 Å². The first kappa shape index (κ1) is 17.4. The van der Waals surface area contributed by atoms with E-state index in [2.05, 4.69) is 15.6 Å². The van der Waals surface area contributed by atoms with Gasteiger partial charge >= 0.3 is 0 Å². The van der Waals surface area contributed by atoms with Crippen LogP contribution in [0.3, 0.4) is 0 Å². The van der Waals surface area contributed by atoms with Crippen LogP contribution in [0.25, 0.3) is 0 Å². The first-order valence-electron chi connectivity index (χ1n) is 10.0. The lowest BCUT2D eigenvalue weighted by Gasteiger charge is -2.36. The number of pyridine rings is 2. The summed E-state index contributed by atoms with van der Waals surface area (Å²) in [5, 5.41) is 15.6. The van der Waals surface area contributed by atoms with E-state index >= 15 is 0 Å². The number of carbonyl (C=O) groups is 1. The van der Waals surface area contributed by atoms with Gasteiger partial charge in [-0.05, 0) is 55.4 Å². The van der Waals surface area contributed by atoms with Gasteiger partial charge in [0.1, 0.15) is 17.0 Å². The summed E-state index contributed by atoms with van der Waals surface area (Å²) in [5.74, 6) is -0.137. The predicted molar refractivity (Wildman–Crippen MR) is 105 cm³/mol. The molecule has 0 atom stereocenters. The van der Waals surface area contributed by atoms with Crippen molar-refractivity contribution in [2.45, 2.75) is 57.5 Å². The molecule has 0 bridgehead atoms. The van der Waals surface area contributed by atoms with Crippen LogP contribution in [0.15, 0.2) is 17.1 Å². The molecule has 146 valence electrons. The Morgan fingerprint density at radius 3 is 2.79 bits per heavy atom. The third-order valence-electron chi connectivity index (χ3n) is 6.46. The number of hydrogen-bond donors (Lipinski definition) is 3. The molecular weight excluding hydrogens is 356 g/mol. The number of amides is 1. The molecule has 2 aromatic heterocycles. The molecule has 1 aliphatic carbocycles. The van der Waals surface area contributed by atoms with Crippen LogP contribution in [0.2, 0.25) is 0 Å². The highest BCUT2D eigenvalue weighted by Gasteiger charge is 2.46. The fourth-order valence-corrected chi connectivity index (χ4v) is 5.04. The number of aromatic nitrogens is 2. The van der Waals surface area contributed by atoms with Gasteiger partial charge in [-0.3, -0.25) is 19.1 Å². The Bertz CT molecular complexity index is 1050. The summed E-state index contributed by atoms with van der Waals surface area (Å²) in [6.07, 6.45) is 7.59. The number of hydrogen-bond acceptors (Lipinski definition) is 5. The smallest absolute Gasteiger partial charge is 0.277 e. The summed E-state index contributed by atoms with van der Waals surface area (Å²) >= 11 is 0. The van der Waals surface area contributed by atoms with Crippen molar-refractivity contribution in [1.82, 2.24) is 14.9 Å². The maximum absolute atomic E-state index is 13.5. The second kappa shape index (κ2) is 6.17. The first-order valence-corrected chi connectivity index (χ1v) is 10.0. The summed E-state index contributed by atoms with van der Waals surface area (Å²) in [6, 6.07) is 1.90. The van der Waals surface area contributed by atoms with E-state index in [1.807, 2.05) is 13.0 Å². The fourth-order valence-electron chi connectivity index (χ4n) is 5.04. The quantitative estimate of drug-likeness (QED) is 0.633. The zero-order chi connectivity index (χ0) is 19.5. The number of anilines is 2. The van der Waals surface area contributed by atoms with Crippen molar-refractivity contribution in [3.8, 4) is 0 Å². The van der Waals surface area contributed by atoms with E-state index in [-0.39, 0.29) is 18.1 Å². The first-order chi connectivity index (χ1) is 13.5. The predicted octanol–water partition coefficient (Wildman–Crippen LogP) is 2.09. The van der Waals surface area contributed by atoms with Crippen LogP contribution in [-0.4, -0.2) is 27.2 Å². The summed E-state index contributed by atoms with van der Waals surface area (Å²) in [7, 11) is 0. The van der Waals surface area contributed by atoms with Crippen LogP contribution in [0, 0.1) is 6.92 Å². The Balaban J connectivity index is 1.67. The van der Waals surface area contributed by atoms with E-state index in [9.17, 15) is 14.7 Å². The molecule has 7 heteroatoms. The standard InChI is InChI=1S/C21H24N4O3/c1-12-15-9-13-11-22-14(5-8-26)10-16(13)23-17(15)20(28)25-18(12)19(27)24-21(25)6-3-2-4-7-21/h10-11,23,26H,2-9H2,1H3,(H,24,27). The molecule has 5 rings (SSSR count). The molecule has 2 aromatic rings. The molecule has 28 heavy (non-hydrogen) atoms. The number of aliphatic hydroxyl groups is 1. The second-order valence-electron chi connectivity index (χ2n) is 8.12. The van der Waals surface area contributed by atoms with Crippen molar-refractivity contribution in [2.24, 2.45) is 0 Å². The Morgan fingerprint density at radius 1 is 1.25 bits per heavy atom. The van der Waals surface area contributed by atoms with E-state index in [1.165, 1.54) is 0 Å². The minimum atomic E-state index is -0.580. The average Bonchev–Trinajstić information content (AvgIpc) is 2.97. The van der Waals surface area contributed by atoms with Gasteiger partial charge in [-0.1, -0.05) is 6.42 Å². The van der Waals surface area contributed by atoms with Gasteiger partial charge in [-0.2, -0.15) is 0 Å². The van der Waals surface area contributed by atoms with Gasteiger partial charge in [0, 0.05) is 37.0 Å². The largest absolute Gasteiger partial charge is 0.396 e. The second-order valence-corrected chi connectivity index (χ2v) is 8.12. The van der Waals surface area contributed by atoms with Crippen molar-refractivity contribution in [3.05, 3.63) is 50.7 Å². The highest BCUT2D eigenvalue weighted by atomic mass is 16.3. The van der Waals surface area contributed by atoms with Crippen LogP contribution in [-0.2, 0) is 18.5 Å². The van der Waals surface area contributed by atoms with Gasteiger partial charge in [0.05, 0.1) is 0 Å². The van der Waals surface area contributed by atoms with Crippen LogP contribution >= 0.6 is 0 Å². The van der Waals surface area contributed by atoms with Crippen LogP contribution in [0.4, 0.5) is 11.4 Å². The molecule has 0 unspecified atom stereocenters. The third-order valence-corrected chi connectivity index (χ3v) is 6.46. The van der Waals surface area contributed by atoms with E-state index in [4.69, 9.17) is 0 Å². The molecule has 4 heterocycles. The van der Waals surface area contributed by atoms with E-state index < -0.39 is 5.66 Å². The topological polar surface area (TPSA) is 96.2 Å². The van der Waals surface area contributed by atoms with Gasteiger partial charge in [-0.25, -0.2) is 0 Å². The SMILES string of the molecule is Cc1c2c(c(=O)n3c1C(=O)NC31CCCCC1)Nc1cc(CCO)ncc1C2. The van der Waals surface area contributed by atoms with E-state index in [0.717, 1.165) is 60.2 Å². The molecular formula is C21H24N4O3. The lowest BCUT2D eigenvalue weighted by Crippen LogP contribution is -2.49. The number of rotatable bonds is 2. The van der Waals surface area contributed by atoms with Crippen LogP contribution in [0.5, 0.6) is 0 Å². The number of nitrogens with one attached hydrogen (secondary N) is 2. The Morgan fingerprint density at radius 2 is 2.04 bits per heavy atom. The number of carbonyl (C=O) groups excluding carboxylic acids is 1. The maximum Gasteiger partial charge on any atom is 0.277 e. The molecule has 0 aromatic carbocycles. The molecule has 1 spiro atoms. The zero-order valence-electron chi connectivity index (χ0n) is 16.0. The number of nitrogens with zero attached hydrogens (tertiary/aromatic N) is 2. The van der Waals surface area contributed by atoms with Gasteiger partial charge < -0.3 is 15.7 Å². The van der Waals surface area contributed by atoms with Gasteiger partial charge in [0.15, 0.2) is 0 Å². The zero-order valence-corrected chi connectivity index (χ0v) is 16.0. The molecule has 0 radical (unpaired) electrons. The Hall–Kier alpha value is -2.67. The average molecular weight is 380 g/mol. The number of fused-ring (bicyclic) bond motifs is 4. The van der Waals surface area contributed by atoms with Gasteiger partial charge in [0.2, 0.25) is 0 Å².